The summed E-state index contributed by atoms with van der Waals surface area (Å²) in [6, 6.07) is 10.2. The summed E-state index contributed by atoms with van der Waals surface area (Å²) in [5.74, 6) is -0.612. The maximum absolute atomic E-state index is 13.6. The summed E-state index contributed by atoms with van der Waals surface area (Å²) in [6.45, 7) is 7.34. The first-order valence-electron chi connectivity index (χ1n) is 11.8. The van der Waals surface area contributed by atoms with Crippen LogP contribution in [-0.4, -0.2) is 53.8 Å². The van der Waals surface area contributed by atoms with Gasteiger partial charge in [0.1, 0.15) is 0 Å². The molecule has 0 saturated heterocycles. The Bertz CT molecular complexity index is 971. The molecule has 1 atom stereocenters. The van der Waals surface area contributed by atoms with Crippen molar-refractivity contribution in [1.82, 2.24) is 9.80 Å². The Morgan fingerprint density at radius 1 is 1.12 bits per heavy atom. The second-order valence-corrected chi connectivity index (χ2v) is 9.37. The molecule has 178 valence electrons. The molecule has 0 spiro atoms. The number of hydrogen-bond donors (Lipinski definition) is 0. The van der Waals surface area contributed by atoms with Crippen molar-refractivity contribution < 1.29 is 19.1 Å². The largest absolute Gasteiger partial charge is 0.466 e. The van der Waals surface area contributed by atoms with Gasteiger partial charge in [0.15, 0.2) is 0 Å². The van der Waals surface area contributed by atoms with Crippen LogP contribution in [0.3, 0.4) is 0 Å². The zero-order chi connectivity index (χ0) is 23.8. The summed E-state index contributed by atoms with van der Waals surface area (Å²) in [7, 11) is 0. The van der Waals surface area contributed by atoms with Crippen molar-refractivity contribution in [2.45, 2.75) is 58.9 Å². The van der Waals surface area contributed by atoms with Crippen LogP contribution in [0.2, 0.25) is 0 Å². The van der Waals surface area contributed by atoms with Crippen molar-refractivity contribution >= 4 is 29.1 Å². The molecule has 1 aliphatic rings. The van der Waals surface area contributed by atoms with Crippen LogP contribution in [0.4, 0.5) is 0 Å². The van der Waals surface area contributed by atoms with E-state index in [4.69, 9.17) is 4.74 Å². The van der Waals surface area contributed by atoms with E-state index in [-0.39, 0.29) is 43.2 Å². The van der Waals surface area contributed by atoms with Gasteiger partial charge >= 0.3 is 5.97 Å². The summed E-state index contributed by atoms with van der Waals surface area (Å²) in [4.78, 5) is 43.0. The van der Waals surface area contributed by atoms with Crippen LogP contribution >= 0.6 is 11.3 Å². The zero-order valence-corrected chi connectivity index (χ0v) is 20.7. The predicted octanol–water partition coefficient (Wildman–Crippen LogP) is 4.50. The summed E-state index contributed by atoms with van der Waals surface area (Å²) in [6.07, 6.45) is 2.66. The summed E-state index contributed by atoms with van der Waals surface area (Å²) in [5.41, 5.74) is 3.45. The van der Waals surface area contributed by atoms with Crippen molar-refractivity contribution in [3.63, 3.8) is 0 Å². The molecular formula is C26H34N2O4S. The highest BCUT2D eigenvalue weighted by molar-refractivity contribution is 7.10. The lowest BCUT2D eigenvalue weighted by Gasteiger charge is -2.38. The number of ether oxygens (including phenoxy) is 1. The molecule has 2 aromatic rings. The van der Waals surface area contributed by atoms with Crippen molar-refractivity contribution in [3.05, 3.63) is 57.3 Å². The van der Waals surface area contributed by atoms with Gasteiger partial charge in [0.25, 0.3) is 0 Å². The van der Waals surface area contributed by atoms with Crippen LogP contribution in [0, 0.1) is 6.92 Å². The van der Waals surface area contributed by atoms with Crippen LogP contribution in [0.5, 0.6) is 0 Å². The fourth-order valence-corrected chi connectivity index (χ4v) is 5.21. The van der Waals surface area contributed by atoms with Crippen molar-refractivity contribution in [2.24, 2.45) is 0 Å². The lowest BCUT2D eigenvalue weighted by Crippen LogP contribution is -2.47. The zero-order valence-electron chi connectivity index (χ0n) is 19.8. The highest BCUT2D eigenvalue weighted by atomic mass is 32.1. The molecule has 1 aromatic heterocycles. The fourth-order valence-electron chi connectivity index (χ4n) is 4.31. The molecule has 6 nitrogen and oxygen atoms in total. The molecule has 3 rings (SSSR count). The Labute approximate surface area is 200 Å². The van der Waals surface area contributed by atoms with Gasteiger partial charge in [0, 0.05) is 24.4 Å². The maximum atomic E-state index is 13.6. The number of aryl methyl sites for hydroxylation is 1. The molecule has 0 radical (unpaired) electrons. The first-order valence-corrected chi connectivity index (χ1v) is 12.7. The predicted molar refractivity (Wildman–Crippen MR) is 130 cm³/mol. The molecule has 0 saturated carbocycles. The Kier molecular flexibility index (Phi) is 9.06. The van der Waals surface area contributed by atoms with Gasteiger partial charge in [-0.2, -0.15) is 0 Å². The van der Waals surface area contributed by atoms with Crippen LogP contribution in [0.25, 0.3) is 0 Å². The molecular weight excluding hydrogens is 436 g/mol. The van der Waals surface area contributed by atoms with E-state index >= 15 is 0 Å². The van der Waals surface area contributed by atoms with Gasteiger partial charge in [-0.15, -0.1) is 11.3 Å². The number of carbonyl (C=O) groups is 3. The Balaban J connectivity index is 1.79. The summed E-state index contributed by atoms with van der Waals surface area (Å²) in [5, 5.41) is 2.09. The maximum Gasteiger partial charge on any atom is 0.306 e. The van der Waals surface area contributed by atoms with E-state index < -0.39 is 0 Å². The minimum absolute atomic E-state index is 0.0313. The molecule has 0 bridgehead atoms. The molecule has 7 heteroatoms. The number of rotatable bonds is 10. The van der Waals surface area contributed by atoms with Gasteiger partial charge in [0.05, 0.1) is 25.6 Å². The number of benzene rings is 1. The van der Waals surface area contributed by atoms with Crippen LogP contribution < -0.4 is 0 Å². The molecule has 2 amide bonds. The minimum atomic E-state index is -0.381. The number of amides is 2. The van der Waals surface area contributed by atoms with Gasteiger partial charge in [-0.3, -0.25) is 14.4 Å². The Morgan fingerprint density at radius 2 is 1.91 bits per heavy atom. The number of carbonyl (C=O) groups excluding carboxylic acids is 3. The Morgan fingerprint density at radius 3 is 2.64 bits per heavy atom. The number of nitrogens with zero attached hydrogens (tertiary/aromatic N) is 2. The van der Waals surface area contributed by atoms with E-state index in [9.17, 15) is 14.4 Å². The minimum Gasteiger partial charge on any atom is -0.466 e. The smallest absolute Gasteiger partial charge is 0.306 e. The lowest BCUT2D eigenvalue weighted by atomic mass is 9.90. The number of fused-ring (bicyclic) bond motifs is 1. The van der Waals surface area contributed by atoms with Gasteiger partial charge in [-0.1, -0.05) is 37.6 Å². The fraction of sp³-hybridized carbons (Fsp3) is 0.500. The number of unbranched alkanes of at least 4 members (excludes halogenated alkanes) is 1. The number of thiophene rings is 1. The van der Waals surface area contributed by atoms with E-state index in [1.807, 2.05) is 17.0 Å². The highest BCUT2D eigenvalue weighted by Crippen LogP contribution is 2.39. The lowest BCUT2D eigenvalue weighted by molar-refractivity contribution is -0.146. The normalized spacial score (nSPS) is 15.1. The second kappa shape index (κ2) is 12.0. The van der Waals surface area contributed by atoms with Crippen LogP contribution in [0.1, 0.15) is 67.1 Å². The van der Waals surface area contributed by atoms with Gasteiger partial charge < -0.3 is 14.5 Å². The van der Waals surface area contributed by atoms with Crippen LogP contribution in [0.15, 0.2) is 35.7 Å². The third-order valence-electron chi connectivity index (χ3n) is 6.08. The molecule has 1 aromatic carbocycles. The number of hydrogen-bond acceptors (Lipinski definition) is 5. The Hall–Kier alpha value is -2.67. The van der Waals surface area contributed by atoms with Crippen molar-refractivity contribution in [1.29, 1.82) is 0 Å². The van der Waals surface area contributed by atoms with E-state index in [1.54, 1.807) is 23.2 Å². The first kappa shape index (κ1) is 25.0. The molecule has 0 N–H and O–H groups in total. The second-order valence-electron chi connectivity index (χ2n) is 8.37. The van der Waals surface area contributed by atoms with E-state index in [0.29, 0.717) is 19.7 Å². The third-order valence-corrected chi connectivity index (χ3v) is 7.07. The van der Waals surface area contributed by atoms with Gasteiger partial charge in [-0.05, 0) is 54.8 Å². The molecule has 0 aliphatic carbocycles. The summed E-state index contributed by atoms with van der Waals surface area (Å²) >= 11 is 1.74. The average molecular weight is 471 g/mol. The average Bonchev–Trinajstić information content (AvgIpc) is 3.29. The van der Waals surface area contributed by atoms with Gasteiger partial charge in [-0.25, -0.2) is 0 Å². The molecule has 2 heterocycles. The molecule has 0 fully saturated rings. The summed E-state index contributed by atoms with van der Waals surface area (Å²) < 4.78 is 4.95. The van der Waals surface area contributed by atoms with E-state index in [0.717, 1.165) is 30.4 Å². The monoisotopic (exact) mass is 470 g/mol. The SMILES string of the molecule is CCCCN(CC(=O)N1CCc2sccc2C1c1ccccc1C)C(=O)CCC(=O)OCC. The first-order chi connectivity index (χ1) is 16.0. The molecule has 1 unspecified atom stereocenters. The molecule has 33 heavy (non-hydrogen) atoms. The topological polar surface area (TPSA) is 66.9 Å². The van der Waals surface area contributed by atoms with E-state index in [2.05, 4.69) is 37.4 Å². The van der Waals surface area contributed by atoms with Crippen molar-refractivity contribution in [2.75, 3.05) is 26.2 Å². The third kappa shape index (κ3) is 6.22. The van der Waals surface area contributed by atoms with Crippen molar-refractivity contribution in [3.8, 4) is 0 Å². The van der Waals surface area contributed by atoms with Gasteiger partial charge in [0.2, 0.25) is 11.8 Å². The highest BCUT2D eigenvalue weighted by Gasteiger charge is 2.34. The standard InChI is InChI=1S/C26H34N2O4S/c1-4-6-15-27(23(29)11-12-25(31)32-5-2)18-24(30)28-16-13-22-21(14-17-33-22)26(28)20-10-8-7-9-19(20)3/h7-10,14,17,26H,4-6,11-13,15-16,18H2,1-3H3. The molecule has 1 aliphatic heterocycles. The quantitative estimate of drug-likeness (QED) is 0.480. The van der Waals surface area contributed by atoms with E-state index in [1.165, 1.54) is 10.4 Å². The van der Waals surface area contributed by atoms with Crippen LogP contribution in [-0.2, 0) is 25.5 Å². The number of esters is 1.